The van der Waals surface area contributed by atoms with E-state index in [9.17, 15) is 19.8 Å². The van der Waals surface area contributed by atoms with Crippen molar-refractivity contribution in [1.29, 1.82) is 0 Å². The number of carbonyl (C=O) groups excluding carboxylic acids is 1. The predicted octanol–water partition coefficient (Wildman–Crippen LogP) is 2.08. The van der Waals surface area contributed by atoms with Gasteiger partial charge in [0.2, 0.25) is 0 Å². The molecule has 6 N–H and O–H groups in total. The van der Waals surface area contributed by atoms with Gasteiger partial charge in [-0.2, -0.15) is 0 Å². The summed E-state index contributed by atoms with van der Waals surface area (Å²) in [6.07, 6.45) is 12.4. The molecule has 0 amide bonds. The van der Waals surface area contributed by atoms with Gasteiger partial charge < -0.3 is 26.2 Å². The maximum absolute atomic E-state index is 11.6. The Morgan fingerprint density at radius 2 is 1.64 bits per heavy atom. The number of aliphatic hydroxyl groups is 3. The van der Waals surface area contributed by atoms with Crippen LogP contribution < -0.4 is 5.73 Å². The van der Waals surface area contributed by atoms with Gasteiger partial charge in [0.15, 0.2) is 11.3 Å². The van der Waals surface area contributed by atoms with E-state index in [1.807, 2.05) is 12.2 Å². The van der Waals surface area contributed by atoms with Crippen LogP contribution in [0.3, 0.4) is 0 Å². The third-order valence-electron chi connectivity index (χ3n) is 4.67. The first-order valence-electron chi connectivity index (χ1n) is 10.1. The minimum Gasteiger partial charge on any atom is -0.480 e. The number of nitrogens with two attached hydrogens (primary N) is 1. The number of allylic oxidation sites excluding steroid dienone is 3. The number of hydrogen-bond acceptors (Lipinski definition) is 6. The van der Waals surface area contributed by atoms with Crippen LogP contribution in [0.1, 0.15) is 71.1 Å². The van der Waals surface area contributed by atoms with Gasteiger partial charge in [-0.3, -0.25) is 9.59 Å². The van der Waals surface area contributed by atoms with Crippen LogP contribution in [0.4, 0.5) is 0 Å². The number of carboxylic acids is 1. The van der Waals surface area contributed by atoms with Crippen molar-refractivity contribution in [2.75, 3.05) is 6.61 Å². The molecule has 0 aromatic heterocycles. The zero-order valence-electron chi connectivity index (χ0n) is 16.9. The zero-order valence-corrected chi connectivity index (χ0v) is 16.9. The van der Waals surface area contributed by atoms with E-state index in [1.165, 1.54) is 6.42 Å². The Balaban J connectivity index is 3.92. The summed E-state index contributed by atoms with van der Waals surface area (Å²) in [4.78, 5) is 22.6. The van der Waals surface area contributed by atoms with Gasteiger partial charge in [0.05, 0.1) is 12.7 Å². The lowest BCUT2D eigenvalue weighted by Crippen LogP contribution is -2.63. The number of hydrogen-bond donors (Lipinski definition) is 5. The first-order valence-corrected chi connectivity index (χ1v) is 10.1. The van der Waals surface area contributed by atoms with Gasteiger partial charge in [-0.05, 0) is 44.6 Å². The maximum atomic E-state index is 11.6. The summed E-state index contributed by atoms with van der Waals surface area (Å²) in [5, 5.41) is 37.7. The molecule has 0 aromatic carbocycles. The molecule has 0 aliphatic carbocycles. The van der Waals surface area contributed by atoms with Crippen molar-refractivity contribution < 1.29 is 30.0 Å². The van der Waals surface area contributed by atoms with Gasteiger partial charge in [-0.1, -0.05) is 44.4 Å². The lowest BCUT2D eigenvalue weighted by molar-refractivity contribution is -0.155. The van der Waals surface area contributed by atoms with E-state index in [2.05, 4.69) is 6.92 Å². The summed E-state index contributed by atoms with van der Waals surface area (Å²) in [5.41, 5.74) is 3.15. The van der Waals surface area contributed by atoms with E-state index in [-0.39, 0.29) is 12.2 Å². The van der Waals surface area contributed by atoms with Crippen LogP contribution in [0.15, 0.2) is 24.3 Å². The number of carboxylic acid groups (broad SMARTS) is 1. The van der Waals surface area contributed by atoms with E-state index >= 15 is 0 Å². The molecule has 0 unspecified atom stereocenters. The number of aliphatic carboxylic acids is 1. The van der Waals surface area contributed by atoms with E-state index in [1.54, 1.807) is 12.2 Å². The van der Waals surface area contributed by atoms with E-state index in [0.29, 0.717) is 6.42 Å². The Hall–Kier alpha value is -1.54. The molecule has 28 heavy (non-hydrogen) atoms. The summed E-state index contributed by atoms with van der Waals surface area (Å²) in [5.74, 6) is -1.39. The van der Waals surface area contributed by atoms with E-state index in [4.69, 9.17) is 15.9 Å². The minimum absolute atomic E-state index is 0.0415. The van der Waals surface area contributed by atoms with Crippen LogP contribution in [0.25, 0.3) is 0 Å². The largest absolute Gasteiger partial charge is 0.480 e. The number of rotatable bonds is 17. The van der Waals surface area contributed by atoms with Crippen LogP contribution in [0.2, 0.25) is 0 Å². The molecule has 0 heterocycles. The number of unbranched alkanes of at least 4 members (excludes halogenated alkanes) is 6. The van der Waals surface area contributed by atoms with E-state index in [0.717, 1.165) is 44.9 Å². The zero-order chi connectivity index (χ0) is 21.4. The number of aliphatic hydroxyl groups excluding tert-OH is 3. The third-order valence-corrected chi connectivity index (χ3v) is 4.67. The average Bonchev–Trinajstić information content (AvgIpc) is 2.68. The minimum atomic E-state index is -2.28. The van der Waals surface area contributed by atoms with Crippen molar-refractivity contribution in [3.63, 3.8) is 0 Å². The molecule has 162 valence electrons. The van der Waals surface area contributed by atoms with Crippen LogP contribution in [-0.4, -0.2) is 56.5 Å². The molecular formula is C21H37NO6. The average molecular weight is 400 g/mol. The number of carbonyl (C=O) groups is 2. The molecule has 3 atom stereocenters. The highest BCUT2D eigenvalue weighted by molar-refractivity contribution is 5.89. The fourth-order valence-corrected chi connectivity index (χ4v) is 2.66. The normalized spacial score (nSPS) is 16.3. The van der Waals surface area contributed by atoms with E-state index < -0.39 is 30.3 Å². The molecule has 0 aliphatic heterocycles. The highest BCUT2D eigenvalue weighted by Gasteiger charge is 2.44. The van der Waals surface area contributed by atoms with Crippen LogP contribution >= 0.6 is 0 Å². The van der Waals surface area contributed by atoms with Crippen LogP contribution in [0, 0.1) is 0 Å². The van der Waals surface area contributed by atoms with Gasteiger partial charge in [0.25, 0.3) is 0 Å². The first kappa shape index (κ1) is 26.5. The molecule has 0 radical (unpaired) electrons. The monoisotopic (exact) mass is 399 g/mol. The van der Waals surface area contributed by atoms with Gasteiger partial charge in [-0.15, -0.1) is 0 Å². The Morgan fingerprint density at radius 1 is 1.00 bits per heavy atom. The van der Waals surface area contributed by atoms with Crippen LogP contribution in [0.5, 0.6) is 0 Å². The lowest BCUT2D eigenvalue weighted by atomic mass is 9.89. The molecule has 7 nitrogen and oxygen atoms in total. The highest BCUT2D eigenvalue weighted by Crippen LogP contribution is 2.14. The second-order valence-electron chi connectivity index (χ2n) is 7.19. The second kappa shape index (κ2) is 15.4. The molecule has 0 spiro atoms. The van der Waals surface area contributed by atoms with Gasteiger partial charge >= 0.3 is 5.97 Å². The van der Waals surface area contributed by atoms with Gasteiger partial charge in [0.1, 0.15) is 6.10 Å². The van der Waals surface area contributed by atoms with Crippen molar-refractivity contribution >= 4 is 11.8 Å². The Labute approximate surface area is 167 Å². The number of ketones is 1. The SMILES string of the molecule is CCCCCCC(=O)C=CCCCC/C=C/C[C@@H](O)[C@H](O)[C@@](N)(CO)C(=O)O. The molecule has 7 heteroatoms. The third kappa shape index (κ3) is 10.7. The Bertz CT molecular complexity index is 505. The topological polar surface area (TPSA) is 141 Å². The molecular weight excluding hydrogens is 362 g/mol. The first-order chi connectivity index (χ1) is 13.3. The molecule has 0 saturated carbocycles. The molecule has 0 aliphatic rings. The predicted molar refractivity (Wildman–Crippen MR) is 109 cm³/mol. The standard InChI is InChI=1S/C21H37NO6/c1-2-3-4-10-13-17(24)14-11-8-6-5-7-9-12-15-18(25)19(26)21(22,16-23)20(27)28/h9,11-12,14,18-19,23,25-26H,2-8,10,13,15-16,22H2,1H3,(H,27,28)/b12-9+,14-11?/t18-,19+,21+/m1/s1. The summed E-state index contributed by atoms with van der Waals surface area (Å²) in [6, 6.07) is 0. The van der Waals surface area contributed by atoms with Crippen LogP contribution in [-0.2, 0) is 9.59 Å². The van der Waals surface area contributed by atoms with Crippen molar-refractivity contribution in [2.24, 2.45) is 5.73 Å². The van der Waals surface area contributed by atoms with Crippen molar-refractivity contribution in [3.8, 4) is 0 Å². The lowest BCUT2D eigenvalue weighted by Gasteiger charge is -2.30. The molecule has 0 rings (SSSR count). The summed E-state index contributed by atoms with van der Waals surface area (Å²) in [7, 11) is 0. The maximum Gasteiger partial charge on any atom is 0.328 e. The Kier molecular flexibility index (Phi) is 14.5. The fourth-order valence-electron chi connectivity index (χ4n) is 2.66. The molecule has 0 bridgehead atoms. The highest BCUT2D eigenvalue weighted by atomic mass is 16.4. The summed E-state index contributed by atoms with van der Waals surface area (Å²) in [6.45, 7) is 1.17. The summed E-state index contributed by atoms with van der Waals surface area (Å²) < 4.78 is 0. The quantitative estimate of drug-likeness (QED) is 0.143. The van der Waals surface area contributed by atoms with Gasteiger partial charge in [0, 0.05) is 6.42 Å². The molecule has 0 saturated heterocycles. The second-order valence-corrected chi connectivity index (χ2v) is 7.19. The van der Waals surface area contributed by atoms with Crippen molar-refractivity contribution in [1.82, 2.24) is 0 Å². The summed E-state index contributed by atoms with van der Waals surface area (Å²) >= 11 is 0. The van der Waals surface area contributed by atoms with Gasteiger partial charge in [-0.25, -0.2) is 0 Å². The molecule has 0 fully saturated rings. The van der Waals surface area contributed by atoms with Crippen molar-refractivity contribution in [3.05, 3.63) is 24.3 Å². The van der Waals surface area contributed by atoms with Crippen molar-refractivity contribution in [2.45, 2.75) is 88.9 Å². The fraction of sp³-hybridized carbons (Fsp3) is 0.714. The molecule has 0 aromatic rings. The Morgan fingerprint density at radius 3 is 2.21 bits per heavy atom. The smallest absolute Gasteiger partial charge is 0.328 e.